The number of thiazole rings is 1. The molecular weight excluding hydrogens is 364 g/mol. The van der Waals surface area contributed by atoms with Gasteiger partial charge in [-0.1, -0.05) is 5.16 Å². The van der Waals surface area contributed by atoms with Crippen LogP contribution >= 0.6 is 11.3 Å². The lowest BCUT2D eigenvalue weighted by Gasteiger charge is -2.31. The Bertz CT molecular complexity index is 705. The molecule has 2 aromatic rings. The second-order valence-corrected chi connectivity index (χ2v) is 8.33. The quantitative estimate of drug-likeness (QED) is 0.717. The third-order valence-electron chi connectivity index (χ3n) is 5.48. The highest BCUT2D eigenvalue weighted by molar-refractivity contribution is 7.09. The van der Waals surface area contributed by atoms with Crippen molar-refractivity contribution in [1.29, 1.82) is 0 Å². The van der Waals surface area contributed by atoms with Crippen LogP contribution < -0.4 is 0 Å². The van der Waals surface area contributed by atoms with E-state index in [4.69, 9.17) is 14.0 Å². The van der Waals surface area contributed by atoms with Crippen LogP contribution in [0.5, 0.6) is 0 Å². The SMILES string of the molecule is Cc1ncsc1CN1CCC(OCCc2noc(C3CCOCC3)n2)CC1. The normalized spacial score (nSPS) is 20.3. The molecule has 2 saturated heterocycles. The Labute approximate surface area is 164 Å². The lowest BCUT2D eigenvalue weighted by atomic mass is 10.0. The molecule has 0 radical (unpaired) electrons. The van der Waals surface area contributed by atoms with E-state index in [9.17, 15) is 0 Å². The third-order valence-corrected chi connectivity index (χ3v) is 6.40. The zero-order chi connectivity index (χ0) is 18.5. The summed E-state index contributed by atoms with van der Waals surface area (Å²) in [6.07, 6.45) is 5.16. The Morgan fingerprint density at radius 1 is 1.22 bits per heavy atom. The number of rotatable bonds is 7. The van der Waals surface area contributed by atoms with E-state index >= 15 is 0 Å². The second-order valence-electron chi connectivity index (χ2n) is 7.39. The van der Waals surface area contributed by atoms with Gasteiger partial charge in [0.05, 0.1) is 23.9 Å². The summed E-state index contributed by atoms with van der Waals surface area (Å²) < 4.78 is 16.9. The number of hydrogen-bond donors (Lipinski definition) is 0. The molecule has 2 fully saturated rings. The summed E-state index contributed by atoms with van der Waals surface area (Å²) in [6, 6.07) is 0. The van der Waals surface area contributed by atoms with Crippen LogP contribution in [0.2, 0.25) is 0 Å². The molecule has 4 heterocycles. The maximum Gasteiger partial charge on any atom is 0.229 e. The van der Waals surface area contributed by atoms with E-state index in [1.54, 1.807) is 11.3 Å². The molecule has 148 valence electrons. The Hall–Kier alpha value is -1.35. The van der Waals surface area contributed by atoms with Crippen LogP contribution in [0.25, 0.3) is 0 Å². The van der Waals surface area contributed by atoms with Crippen molar-refractivity contribution in [3.05, 3.63) is 27.8 Å². The molecule has 2 aromatic heterocycles. The molecule has 0 spiro atoms. The van der Waals surface area contributed by atoms with Crippen molar-refractivity contribution in [3.8, 4) is 0 Å². The fourth-order valence-corrected chi connectivity index (χ4v) is 4.53. The van der Waals surface area contributed by atoms with Crippen LogP contribution in [0.15, 0.2) is 10.0 Å². The summed E-state index contributed by atoms with van der Waals surface area (Å²) in [5.41, 5.74) is 3.10. The van der Waals surface area contributed by atoms with Crippen molar-refractivity contribution in [1.82, 2.24) is 20.0 Å². The largest absolute Gasteiger partial charge is 0.381 e. The smallest absolute Gasteiger partial charge is 0.229 e. The average Bonchev–Trinajstić information content (AvgIpc) is 3.33. The maximum atomic E-state index is 6.07. The summed E-state index contributed by atoms with van der Waals surface area (Å²) in [5.74, 6) is 1.88. The zero-order valence-corrected chi connectivity index (χ0v) is 16.7. The van der Waals surface area contributed by atoms with Gasteiger partial charge in [-0.25, -0.2) is 4.98 Å². The highest BCUT2D eigenvalue weighted by Crippen LogP contribution is 2.25. The minimum absolute atomic E-state index is 0.339. The summed E-state index contributed by atoms with van der Waals surface area (Å²) in [7, 11) is 0. The molecule has 2 aliphatic rings. The molecule has 0 bridgehead atoms. The van der Waals surface area contributed by atoms with Crippen molar-refractivity contribution in [2.45, 2.75) is 57.6 Å². The zero-order valence-electron chi connectivity index (χ0n) is 15.9. The molecule has 0 aromatic carbocycles. The van der Waals surface area contributed by atoms with E-state index in [0.717, 1.165) is 70.2 Å². The van der Waals surface area contributed by atoms with Crippen LogP contribution in [0.1, 0.15) is 53.9 Å². The van der Waals surface area contributed by atoms with Gasteiger partial charge in [-0.3, -0.25) is 4.90 Å². The van der Waals surface area contributed by atoms with Gasteiger partial charge in [0.15, 0.2) is 5.82 Å². The highest BCUT2D eigenvalue weighted by Gasteiger charge is 2.23. The minimum atomic E-state index is 0.339. The second kappa shape index (κ2) is 9.23. The molecule has 4 rings (SSSR count). The van der Waals surface area contributed by atoms with Gasteiger partial charge in [-0.15, -0.1) is 11.3 Å². The van der Waals surface area contributed by atoms with E-state index in [-0.39, 0.29) is 0 Å². The summed E-state index contributed by atoms with van der Waals surface area (Å²) >= 11 is 1.75. The van der Waals surface area contributed by atoms with Crippen LogP contribution in [0.4, 0.5) is 0 Å². The number of likely N-dealkylation sites (tertiary alicyclic amines) is 1. The maximum absolute atomic E-state index is 6.07. The number of hydrogen-bond acceptors (Lipinski definition) is 8. The Morgan fingerprint density at radius 3 is 2.78 bits per heavy atom. The Balaban J connectivity index is 1.15. The summed E-state index contributed by atoms with van der Waals surface area (Å²) in [5, 5.41) is 4.12. The topological polar surface area (TPSA) is 73.5 Å². The van der Waals surface area contributed by atoms with E-state index in [2.05, 4.69) is 26.9 Å². The number of aryl methyl sites for hydroxylation is 1. The van der Waals surface area contributed by atoms with Crippen LogP contribution in [0.3, 0.4) is 0 Å². The predicted molar refractivity (Wildman–Crippen MR) is 102 cm³/mol. The van der Waals surface area contributed by atoms with Gasteiger partial charge in [0.25, 0.3) is 0 Å². The molecule has 0 N–H and O–H groups in total. The van der Waals surface area contributed by atoms with Crippen molar-refractivity contribution in [2.24, 2.45) is 0 Å². The van der Waals surface area contributed by atoms with Crippen molar-refractivity contribution in [2.75, 3.05) is 32.9 Å². The lowest BCUT2D eigenvalue weighted by molar-refractivity contribution is 0.00692. The standard InChI is InChI=1S/C19H28N4O3S/c1-14-17(27-13-20-14)12-23-7-2-16(3-8-23)25-11-6-18-21-19(26-22-18)15-4-9-24-10-5-15/h13,15-16H,2-12H2,1H3. The van der Waals surface area contributed by atoms with Gasteiger partial charge < -0.3 is 14.0 Å². The first-order chi connectivity index (χ1) is 13.3. The molecular formula is C19H28N4O3S. The fourth-order valence-electron chi connectivity index (χ4n) is 3.71. The molecule has 0 amide bonds. The van der Waals surface area contributed by atoms with Gasteiger partial charge in [0.1, 0.15) is 0 Å². The first-order valence-corrected chi connectivity index (χ1v) is 10.8. The monoisotopic (exact) mass is 392 g/mol. The predicted octanol–water partition coefficient (Wildman–Crippen LogP) is 2.95. The van der Waals surface area contributed by atoms with E-state index in [1.807, 2.05) is 5.51 Å². The van der Waals surface area contributed by atoms with Crippen molar-refractivity contribution < 1.29 is 14.0 Å². The Kier molecular flexibility index (Phi) is 6.49. The van der Waals surface area contributed by atoms with Gasteiger partial charge in [-0.2, -0.15) is 4.98 Å². The molecule has 7 nitrogen and oxygen atoms in total. The van der Waals surface area contributed by atoms with Gasteiger partial charge in [-0.05, 0) is 32.6 Å². The molecule has 8 heteroatoms. The van der Waals surface area contributed by atoms with Crippen LogP contribution in [0, 0.1) is 6.92 Å². The van der Waals surface area contributed by atoms with Crippen molar-refractivity contribution >= 4 is 11.3 Å². The first-order valence-electron chi connectivity index (χ1n) is 9.91. The number of aromatic nitrogens is 3. The van der Waals surface area contributed by atoms with Gasteiger partial charge in [0, 0.05) is 50.1 Å². The average molecular weight is 393 g/mol. The number of piperidine rings is 1. The highest BCUT2D eigenvalue weighted by atomic mass is 32.1. The number of nitrogens with zero attached hydrogens (tertiary/aromatic N) is 4. The van der Waals surface area contributed by atoms with E-state index in [1.165, 1.54) is 10.6 Å². The van der Waals surface area contributed by atoms with Gasteiger partial charge >= 0.3 is 0 Å². The molecule has 0 atom stereocenters. The van der Waals surface area contributed by atoms with Crippen molar-refractivity contribution in [3.63, 3.8) is 0 Å². The third kappa shape index (κ3) is 5.13. The minimum Gasteiger partial charge on any atom is -0.381 e. The molecule has 0 unspecified atom stereocenters. The Morgan fingerprint density at radius 2 is 2.04 bits per heavy atom. The molecule has 2 aliphatic heterocycles. The van der Waals surface area contributed by atoms with Gasteiger partial charge in [0.2, 0.25) is 5.89 Å². The van der Waals surface area contributed by atoms with E-state index < -0.39 is 0 Å². The number of ether oxygens (including phenoxy) is 2. The molecule has 27 heavy (non-hydrogen) atoms. The lowest BCUT2D eigenvalue weighted by Crippen LogP contribution is -2.36. The fraction of sp³-hybridized carbons (Fsp3) is 0.737. The molecule has 0 saturated carbocycles. The van der Waals surface area contributed by atoms with Crippen LogP contribution in [-0.4, -0.2) is 59.0 Å². The van der Waals surface area contributed by atoms with Crippen LogP contribution in [-0.2, 0) is 22.4 Å². The summed E-state index contributed by atoms with van der Waals surface area (Å²) in [6.45, 7) is 7.50. The summed E-state index contributed by atoms with van der Waals surface area (Å²) in [4.78, 5) is 12.8. The van der Waals surface area contributed by atoms with E-state index in [0.29, 0.717) is 25.0 Å². The molecule has 0 aliphatic carbocycles. The first kappa shape index (κ1) is 19.0.